The molecule has 0 saturated carbocycles. The van der Waals surface area contributed by atoms with Crippen LogP contribution in [-0.2, 0) is 10.0 Å². The summed E-state index contributed by atoms with van der Waals surface area (Å²) in [4.78, 5) is 16.7. The molecule has 1 heterocycles. The Morgan fingerprint density at radius 2 is 1.89 bits per heavy atom. The van der Waals surface area contributed by atoms with Crippen LogP contribution >= 0.6 is 11.3 Å². The van der Waals surface area contributed by atoms with Gasteiger partial charge in [-0.25, -0.2) is 13.4 Å². The molecule has 6 nitrogen and oxygen atoms in total. The SMILES string of the molecule is CCN(c1ccccc1)S(=O)(=O)c1cccc(C(=O)Nc2nc(C)cs2)c1. The number of benzene rings is 2. The van der Waals surface area contributed by atoms with Gasteiger partial charge in [-0.1, -0.05) is 24.3 Å². The lowest BCUT2D eigenvalue weighted by Crippen LogP contribution is -2.30. The van der Waals surface area contributed by atoms with E-state index in [1.807, 2.05) is 18.4 Å². The zero-order valence-electron chi connectivity index (χ0n) is 14.9. The van der Waals surface area contributed by atoms with Gasteiger partial charge in [0.05, 0.1) is 16.3 Å². The van der Waals surface area contributed by atoms with Crippen molar-refractivity contribution in [1.29, 1.82) is 0 Å². The van der Waals surface area contributed by atoms with Crippen LogP contribution in [-0.4, -0.2) is 25.9 Å². The molecule has 27 heavy (non-hydrogen) atoms. The van der Waals surface area contributed by atoms with Crippen LogP contribution in [0.2, 0.25) is 0 Å². The topological polar surface area (TPSA) is 79.4 Å². The number of sulfonamides is 1. The number of hydrogen-bond donors (Lipinski definition) is 1. The van der Waals surface area contributed by atoms with Gasteiger partial charge in [-0.2, -0.15) is 0 Å². The van der Waals surface area contributed by atoms with Crippen LogP contribution in [0.4, 0.5) is 10.8 Å². The summed E-state index contributed by atoms with van der Waals surface area (Å²) in [6, 6.07) is 14.9. The number of aromatic nitrogens is 1. The first kappa shape index (κ1) is 19.1. The molecular weight excluding hydrogens is 382 g/mol. The lowest BCUT2D eigenvalue weighted by Gasteiger charge is -2.23. The summed E-state index contributed by atoms with van der Waals surface area (Å²) in [5.41, 5.74) is 1.65. The zero-order chi connectivity index (χ0) is 19.4. The molecule has 1 aromatic heterocycles. The van der Waals surface area contributed by atoms with Gasteiger partial charge in [0.2, 0.25) is 0 Å². The molecular formula is C19H19N3O3S2. The number of para-hydroxylation sites is 1. The first-order chi connectivity index (χ1) is 12.9. The van der Waals surface area contributed by atoms with E-state index in [1.165, 1.54) is 27.8 Å². The van der Waals surface area contributed by atoms with Crippen LogP contribution in [0.25, 0.3) is 0 Å². The summed E-state index contributed by atoms with van der Waals surface area (Å²) >= 11 is 1.32. The van der Waals surface area contributed by atoms with E-state index in [2.05, 4.69) is 10.3 Å². The summed E-state index contributed by atoms with van der Waals surface area (Å²) in [6.07, 6.45) is 0. The molecule has 0 unspecified atom stereocenters. The highest BCUT2D eigenvalue weighted by Crippen LogP contribution is 2.24. The van der Waals surface area contributed by atoms with E-state index in [0.29, 0.717) is 10.8 Å². The third-order valence-corrected chi connectivity index (χ3v) is 6.63. The molecule has 0 spiro atoms. The third-order valence-electron chi connectivity index (χ3n) is 3.86. The quantitative estimate of drug-likeness (QED) is 0.679. The molecule has 0 aliphatic heterocycles. The third kappa shape index (κ3) is 4.17. The van der Waals surface area contributed by atoms with Crippen LogP contribution in [0.15, 0.2) is 64.9 Å². The lowest BCUT2D eigenvalue weighted by atomic mass is 10.2. The highest BCUT2D eigenvalue weighted by molar-refractivity contribution is 7.92. The normalized spacial score (nSPS) is 11.2. The van der Waals surface area contributed by atoms with E-state index < -0.39 is 15.9 Å². The number of hydrogen-bond acceptors (Lipinski definition) is 5. The number of rotatable bonds is 6. The fraction of sp³-hybridized carbons (Fsp3) is 0.158. The first-order valence-electron chi connectivity index (χ1n) is 8.33. The van der Waals surface area contributed by atoms with Gasteiger partial charge < -0.3 is 0 Å². The fourth-order valence-electron chi connectivity index (χ4n) is 2.59. The van der Waals surface area contributed by atoms with Gasteiger partial charge in [-0.05, 0) is 44.2 Å². The highest BCUT2D eigenvalue weighted by Gasteiger charge is 2.24. The first-order valence-corrected chi connectivity index (χ1v) is 10.6. The van der Waals surface area contributed by atoms with E-state index in [1.54, 1.807) is 43.3 Å². The minimum Gasteiger partial charge on any atom is -0.298 e. The molecule has 140 valence electrons. The molecule has 1 N–H and O–H groups in total. The average molecular weight is 402 g/mol. The van der Waals surface area contributed by atoms with Gasteiger partial charge in [-0.15, -0.1) is 11.3 Å². The Morgan fingerprint density at radius 1 is 1.15 bits per heavy atom. The molecule has 3 rings (SSSR count). The molecule has 2 aromatic carbocycles. The van der Waals surface area contributed by atoms with E-state index >= 15 is 0 Å². The highest BCUT2D eigenvalue weighted by atomic mass is 32.2. The number of nitrogens with zero attached hydrogens (tertiary/aromatic N) is 2. The van der Waals surface area contributed by atoms with Crippen molar-refractivity contribution in [3.8, 4) is 0 Å². The second-order valence-corrected chi connectivity index (χ2v) is 8.50. The Bertz CT molecular complexity index is 1050. The van der Waals surface area contributed by atoms with Crippen LogP contribution in [0.5, 0.6) is 0 Å². The number of amides is 1. The molecule has 0 fully saturated rings. The minimum absolute atomic E-state index is 0.0659. The van der Waals surface area contributed by atoms with E-state index in [4.69, 9.17) is 0 Å². The summed E-state index contributed by atoms with van der Waals surface area (Å²) in [7, 11) is -3.79. The number of thiazole rings is 1. The molecule has 0 aliphatic rings. The maximum atomic E-state index is 13.1. The number of anilines is 2. The van der Waals surface area contributed by atoms with Crippen LogP contribution in [0, 0.1) is 6.92 Å². The summed E-state index contributed by atoms with van der Waals surface area (Å²) in [5, 5.41) is 5.00. The fourth-order valence-corrected chi connectivity index (χ4v) is 4.79. The molecule has 3 aromatic rings. The second kappa shape index (κ2) is 7.89. The van der Waals surface area contributed by atoms with Crippen molar-refractivity contribution in [3.05, 3.63) is 71.2 Å². The lowest BCUT2D eigenvalue weighted by molar-refractivity contribution is 0.102. The van der Waals surface area contributed by atoms with E-state index in [0.717, 1.165) is 5.69 Å². The van der Waals surface area contributed by atoms with Crippen molar-refractivity contribution in [2.75, 3.05) is 16.2 Å². The Balaban J connectivity index is 1.90. The van der Waals surface area contributed by atoms with Gasteiger partial charge in [0.1, 0.15) is 0 Å². The van der Waals surface area contributed by atoms with Crippen LogP contribution < -0.4 is 9.62 Å². The second-order valence-electron chi connectivity index (χ2n) is 5.78. The van der Waals surface area contributed by atoms with E-state index in [-0.39, 0.29) is 17.0 Å². The standard InChI is InChI=1S/C19H19N3O3S2/c1-3-22(16-9-5-4-6-10-16)27(24,25)17-11-7-8-15(12-17)18(23)21-19-20-14(2)13-26-19/h4-13H,3H2,1-2H3,(H,20,21,23). The van der Waals surface area contributed by atoms with Crippen molar-refractivity contribution in [2.24, 2.45) is 0 Å². The molecule has 0 aliphatic carbocycles. The average Bonchev–Trinajstić information content (AvgIpc) is 3.08. The smallest absolute Gasteiger partial charge is 0.264 e. The van der Waals surface area contributed by atoms with Gasteiger partial charge in [0, 0.05) is 17.5 Å². The predicted octanol–water partition coefficient (Wildman–Crippen LogP) is 3.92. The van der Waals surface area contributed by atoms with Crippen molar-refractivity contribution in [1.82, 2.24) is 4.98 Å². The van der Waals surface area contributed by atoms with Gasteiger partial charge >= 0.3 is 0 Å². The van der Waals surface area contributed by atoms with Crippen molar-refractivity contribution in [3.63, 3.8) is 0 Å². The Hall–Kier alpha value is -2.71. The number of aryl methyl sites for hydroxylation is 1. The van der Waals surface area contributed by atoms with Crippen molar-refractivity contribution in [2.45, 2.75) is 18.7 Å². The van der Waals surface area contributed by atoms with Gasteiger partial charge in [0.15, 0.2) is 5.13 Å². The predicted molar refractivity (Wildman–Crippen MR) is 108 cm³/mol. The number of nitrogens with one attached hydrogen (secondary N) is 1. The van der Waals surface area contributed by atoms with Crippen molar-refractivity contribution < 1.29 is 13.2 Å². The van der Waals surface area contributed by atoms with Crippen LogP contribution in [0.3, 0.4) is 0 Å². The summed E-state index contributed by atoms with van der Waals surface area (Å²) in [5.74, 6) is -0.399. The largest absolute Gasteiger partial charge is 0.298 e. The van der Waals surface area contributed by atoms with Gasteiger partial charge in [-0.3, -0.25) is 14.4 Å². The maximum absolute atomic E-state index is 13.1. The van der Waals surface area contributed by atoms with E-state index in [9.17, 15) is 13.2 Å². The molecule has 0 radical (unpaired) electrons. The molecule has 1 amide bonds. The molecule has 0 atom stereocenters. The Labute approximate surface area is 162 Å². The maximum Gasteiger partial charge on any atom is 0.264 e. The van der Waals surface area contributed by atoms with Crippen LogP contribution in [0.1, 0.15) is 23.0 Å². The summed E-state index contributed by atoms with van der Waals surface area (Å²) in [6.45, 7) is 3.88. The summed E-state index contributed by atoms with van der Waals surface area (Å²) < 4.78 is 27.5. The minimum atomic E-state index is -3.79. The van der Waals surface area contributed by atoms with Gasteiger partial charge in [0.25, 0.3) is 15.9 Å². The Kier molecular flexibility index (Phi) is 5.57. The molecule has 0 bridgehead atoms. The van der Waals surface area contributed by atoms with Crippen molar-refractivity contribution >= 4 is 38.1 Å². The Morgan fingerprint density at radius 3 is 2.52 bits per heavy atom. The molecule has 8 heteroatoms. The molecule has 0 saturated heterocycles. The number of carbonyl (C=O) groups is 1. The zero-order valence-corrected chi connectivity index (χ0v) is 16.5. The number of carbonyl (C=O) groups excluding carboxylic acids is 1. The monoisotopic (exact) mass is 401 g/mol.